The molecule has 1 aromatic heterocycles. The number of hydrogen-bond acceptors (Lipinski definition) is 2. The highest BCUT2D eigenvalue weighted by Crippen LogP contribution is 2.27. The maximum atomic E-state index is 4.42. The molecule has 1 N–H and O–H groups in total. The SMILES string of the molecule is CCCNC(Cc1cnn(CC)c1)CC1CCCCCC1. The summed E-state index contributed by atoms with van der Waals surface area (Å²) in [6.07, 6.45) is 16.6. The summed E-state index contributed by atoms with van der Waals surface area (Å²) in [7, 11) is 0. The number of nitrogens with zero attached hydrogens (tertiary/aromatic N) is 2. The van der Waals surface area contributed by atoms with Crippen molar-refractivity contribution in [3.8, 4) is 0 Å². The fourth-order valence-corrected chi connectivity index (χ4v) is 3.56. The molecule has 21 heavy (non-hydrogen) atoms. The Morgan fingerprint density at radius 2 is 2.00 bits per heavy atom. The van der Waals surface area contributed by atoms with E-state index in [-0.39, 0.29) is 0 Å². The smallest absolute Gasteiger partial charge is 0.0522 e. The Hall–Kier alpha value is -0.830. The van der Waals surface area contributed by atoms with Gasteiger partial charge in [0.25, 0.3) is 0 Å². The van der Waals surface area contributed by atoms with E-state index >= 15 is 0 Å². The van der Waals surface area contributed by atoms with Crippen LogP contribution in [0.5, 0.6) is 0 Å². The fraction of sp³-hybridized carbons (Fsp3) is 0.833. The number of aryl methyl sites for hydroxylation is 1. The molecule has 0 amide bonds. The second-order valence-corrected chi connectivity index (χ2v) is 6.65. The first-order valence-electron chi connectivity index (χ1n) is 9.06. The van der Waals surface area contributed by atoms with E-state index in [1.54, 1.807) is 0 Å². The van der Waals surface area contributed by atoms with Crippen molar-refractivity contribution in [1.29, 1.82) is 0 Å². The highest BCUT2D eigenvalue weighted by Gasteiger charge is 2.18. The van der Waals surface area contributed by atoms with Gasteiger partial charge in [0.2, 0.25) is 0 Å². The molecule has 1 saturated carbocycles. The summed E-state index contributed by atoms with van der Waals surface area (Å²) < 4.78 is 2.04. The zero-order chi connectivity index (χ0) is 14.9. The minimum atomic E-state index is 0.627. The van der Waals surface area contributed by atoms with Crippen LogP contribution in [0.25, 0.3) is 0 Å². The molecule has 0 saturated heterocycles. The molecule has 1 atom stereocenters. The number of rotatable bonds is 8. The lowest BCUT2D eigenvalue weighted by Crippen LogP contribution is -2.33. The van der Waals surface area contributed by atoms with Crippen LogP contribution in [-0.4, -0.2) is 22.4 Å². The van der Waals surface area contributed by atoms with E-state index in [4.69, 9.17) is 0 Å². The van der Waals surface area contributed by atoms with Crippen LogP contribution in [0.1, 0.15) is 70.8 Å². The molecule has 120 valence electrons. The van der Waals surface area contributed by atoms with Crippen LogP contribution < -0.4 is 5.32 Å². The summed E-state index contributed by atoms with van der Waals surface area (Å²) in [6, 6.07) is 0.627. The van der Waals surface area contributed by atoms with Crippen LogP contribution in [-0.2, 0) is 13.0 Å². The molecule has 0 aromatic carbocycles. The van der Waals surface area contributed by atoms with Gasteiger partial charge in [-0.25, -0.2) is 0 Å². The van der Waals surface area contributed by atoms with Gasteiger partial charge < -0.3 is 5.32 Å². The lowest BCUT2D eigenvalue weighted by Gasteiger charge is -2.23. The van der Waals surface area contributed by atoms with Gasteiger partial charge in [0, 0.05) is 18.8 Å². The van der Waals surface area contributed by atoms with Crippen LogP contribution in [0.2, 0.25) is 0 Å². The molecule has 0 bridgehead atoms. The number of nitrogens with one attached hydrogen (secondary N) is 1. The molecule has 0 spiro atoms. The largest absolute Gasteiger partial charge is 0.314 e. The molecule has 3 nitrogen and oxygen atoms in total. The maximum absolute atomic E-state index is 4.42. The van der Waals surface area contributed by atoms with Crippen molar-refractivity contribution in [2.24, 2.45) is 5.92 Å². The summed E-state index contributed by atoms with van der Waals surface area (Å²) in [5, 5.41) is 8.19. The Morgan fingerprint density at radius 3 is 2.62 bits per heavy atom. The van der Waals surface area contributed by atoms with Gasteiger partial charge in [-0.15, -0.1) is 0 Å². The van der Waals surface area contributed by atoms with Gasteiger partial charge in [-0.2, -0.15) is 5.10 Å². The third-order valence-electron chi connectivity index (χ3n) is 4.77. The van der Waals surface area contributed by atoms with E-state index in [2.05, 4.69) is 36.7 Å². The third kappa shape index (κ3) is 5.82. The molecule has 2 rings (SSSR count). The minimum absolute atomic E-state index is 0.627. The topological polar surface area (TPSA) is 29.9 Å². The van der Waals surface area contributed by atoms with Crippen LogP contribution in [0, 0.1) is 5.92 Å². The van der Waals surface area contributed by atoms with Crippen LogP contribution in [0.4, 0.5) is 0 Å². The molecule has 3 heteroatoms. The van der Waals surface area contributed by atoms with Gasteiger partial charge in [0.05, 0.1) is 6.20 Å². The van der Waals surface area contributed by atoms with Crippen molar-refractivity contribution in [3.63, 3.8) is 0 Å². The third-order valence-corrected chi connectivity index (χ3v) is 4.77. The van der Waals surface area contributed by atoms with E-state index in [0.29, 0.717) is 6.04 Å². The molecule has 1 aromatic rings. The van der Waals surface area contributed by atoms with E-state index < -0.39 is 0 Å². The lowest BCUT2D eigenvalue weighted by molar-refractivity contribution is 0.349. The van der Waals surface area contributed by atoms with Crippen molar-refractivity contribution in [3.05, 3.63) is 18.0 Å². The first kappa shape index (κ1) is 16.5. The van der Waals surface area contributed by atoms with E-state index in [0.717, 1.165) is 25.4 Å². The molecule has 1 fully saturated rings. The Morgan fingerprint density at radius 1 is 1.24 bits per heavy atom. The average molecular weight is 291 g/mol. The maximum Gasteiger partial charge on any atom is 0.0522 e. The minimum Gasteiger partial charge on any atom is -0.314 e. The fourth-order valence-electron chi connectivity index (χ4n) is 3.56. The zero-order valence-corrected chi connectivity index (χ0v) is 14.0. The monoisotopic (exact) mass is 291 g/mol. The van der Waals surface area contributed by atoms with Crippen molar-refractivity contribution in [2.45, 2.75) is 84.2 Å². The van der Waals surface area contributed by atoms with E-state index in [1.165, 1.54) is 56.9 Å². The van der Waals surface area contributed by atoms with Crippen molar-refractivity contribution < 1.29 is 0 Å². The van der Waals surface area contributed by atoms with Crippen molar-refractivity contribution >= 4 is 0 Å². The highest BCUT2D eigenvalue weighted by atomic mass is 15.3. The first-order valence-corrected chi connectivity index (χ1v) is 9.06. The Balaban J connectivity index is 1.89. The van der Waals surface area contributed by atoms with E-state index in [9.17, 15) is 0 Å². The summed E-state index contributed by atoms with van der Waals surface area (Å²) in [5.41, 5.74) is 1.39. The summed E-state index contributed by atoms with van der Waals surface area (Å²) in [5.74, 6) is 0.933. The Bertz CT molecular complexity index is 378. The van der Waals surface area contributed by atoms with Crippen LogP contribution in [0.3, 0.4) is 0 Å². The molecular formula is C18H33N3. The molecule has 1 aliphatic rings. The molecule has 1 unspecified atom stereocenters. The van der Waals surface area contributed by atoms with Crippen molar-refractivity contribution in [1.82, 2.24) is 15.1 Å². The molecule has 0 aliphatic heterocycles. The summed E-state index contributed by atoms with van der Waals surface area (Å²) in [4.78, 5) is 0. The highest BCUT2D eigenvalue weighted by molar-refractivity contribution is 5.06. The van der Waals surface area contributed by atoms with Gasteiger partial charge in [0.1, 0.15) is 0 Å². The number of hydrogen-bond donors (Lipinski definition) is 1. The standard InChI is InChI=1S/C18H33N3/c1-3-11-19-18(12-16-9-7-5-6-8-10-16)13-17-14-20-21(4-2)15-17/h14-16,18-19H,3-13H2,1-2H3. The second-order valence-electron chi connectivity index (χ2n) is 6.65. The quantitative estimate of drug-likeness (QED) is 0.728. The predicted octanol–water partition coefficient (Wildman–Crippen LogP) is 4.17. The lowest BCUT2D eigenvalue weighted by atomic mass is 9.90. The van der Waals surface area contributed by atoms with Gasteiger partial charge >= 0.3 is 0 Å². The Labute approximate surface area is 130 Å². The molecule has 1 heterocycles. The van der Waals surface area contributed by atoms with Crippen LogP contribution in [0.15, 0.2) is 12.4 Å². The Kier molecular flexibility index (Phi) is 7.28. The average Bonchev–Trinajstić information content (AvgIpc) is 2.79. The molecular weight excluding hydrogens is 258 g/mol. The van der Waals surface area contributed by atoms with E-state index in [1.807, 2.05) is 4.68 Å². The van der Waals surface area contributed by atoms with Gasteiger partial charge in [-0.05, 0) is 44.2 Å². The molecule has 0 radical (unpaired) electrons. The molecule has 1 aliphatic carbocycles. The predicted molar refractivity (Wildman–Crippen MR) is 89.5 cm³/mol. The second kappa shape index (κ2) is 9.24. The van der Waals surface area contributed by atoms with Crippen molar-refractivity contribution in [2.75, 3.05) is 6.54 Å². The van der Waals surface area contributed by atoms with Crippen LogP contribution >= 0.6 is 0 Å². The normalized spacial score (nSPS) is 18.6. The number of aromatic nitrogens is 2. The summed E-state index contributed by atoms with van der Waals surface area (Å²) in [6.45, 7) is 6.51. The van der Waals surface area contributed by atoms with Gasteiger partial charge in [-0.3, -0.25) is 4.68 Å². The van der Waals surface area contributed by atoms with Gasteiger partial charge in [-0.1, -0.05) is 45.4 Å². The zero-order valence-electron chi connectivity index (χ0n) is 14.0. The van der Waals surface area contributed by atoms with Gasteiger partial charge in [0.15, 0.2) is 0 Å². The summed E-state index contributed by atoms with van der Waals surface area (Å²) >= 11 is 0. The first-order chi connectivity index (χ1) is 10.3.